The zero-order valence-corrected chi connectivity index (χ0v) is 9.12. The van der Waals surface area contributed by atoms with E-state index in [1.165, 1.54) is 10.9 Å². The molecule has 0 fully saturated rings. The van der Waals surface area contributed by atoms with Gasteiger partial charge in [0.1, 0.15) is 24.5 Å². The number of nitrogens with zero attached hydrogens (tertiary/aromatic N) is 5. The van der Waals surface area contributed by atoms with Gasteiger partial charge in [0, 0.05) is 11.4 Å². The van der Waals surface area contributed by atoms with E-state index in [-0.39, 0.29) is 11.4 Å². The third-order valence-corrected chi connectivity index (χ3v) is 2.41. The van der Waals surface area contributed by atoms with Crippen molar-refractivity contribution in [2.24, 2.45) is 0 Å². The summed E-state index contributed by atoms with van der Waals surface area (Å²) >= 11 is 0. The lowest BCUT2D eigenvalue weighted by Crippen LogP contribution is -1.99. The van der Waals surface area contributed by atoms with Crippen LogP contribution in [0, 0.1) is 34.0 Å². The van der Waals surface area contributed by atoms with Gasteiger partial charge >= 0.3 is 0 Å². The minimum absolute atomic E-state index is 0.0489. The van der Waals surface area contributed by atoms with E-state index in [1.54, 1.807) is 18.2 Å². The molecule has 1 heterocycles. The van der Waals surface area contributed by atoms with Crippen LogP contribution in [0.5, 0.6) is 0 Å². The van der Waals surface area contributed by atoms with E-state index >= 15 is 0 Å². The van der Waals surface area contributed by atoms with Crippen molar-refractivity contribution in [1.82, 2.24) is 9.55 Å². The largest absolute Gasteiger partial charge is 0.398 e. The number of nitriles is 3. The van der Waals surface area contributed by atoms with Gasteiger partial charge in [0.2, 0.25) is 0 Å². The van der Waals surface area contributed by atoms with Gasteiger partial charge in [0.25, 0.3) is 0 Å². The van der Waals surface area contributed by atoms with Crippen LogP contribution < -0.4 is 5.73 Å². The SMILES string of the molecule is N#Cc1cc(-n2cnc(C#N)c2C#N)ccc1N. The van der Waals surface area contributed by atoms with Crippen molar-refractivity contribution < 1.29 is 0 Å². The summed E-state index contributed by atoms with van der Waals surface area (Å²) in [6.07, 6.45) is 1.36. The fourth-order valence-electron chi connectivity index (χ4n) is 1.52. The van der Waals surface area contributed by atoms with Crippen LogP contribution in [0.25, 0.3) is 5.69 Å². The zero-order chi connectivity index (χ0) is 13.1. The summed E-state index contributed by atoms with van der Waals surface area (Å²) in [4.78, 5) is 3.82. The Labute approximate surface area is 103 Å². The molecular formula is C12H6N6. The van der Waals surface area contributed by atoms with Crippen molar-refractivity contribution >= 4 is 5.69 Å². The Kier molecular flexibility index (Phi) is 2.67. The number of hydrogen-bond donors (Lipinski definition) is 1. The minimum atomic E-state index is 0.0489. The quantitative estimate of drug-likeness (QED) is 0.741. The maximum Gasteiger partial charge on any atom is 0.177 e. The standard InChI is InChI=1S/C12H6N6/c13-4-8-3-9(1-2-10(8)16)18-7-17-11(5-14)12(18)6-15/h1-3,7H,16H2. The Hall–Kier alpha value is -3.30. The average Bonchev–Trinajstić information content (AvgIpc) is 2.82. The van der Waals surface area contributed by atoms with Gasteiger partial charge in [-0.3, -0.25) is 4.57 Å². The molecule has 1 aromatic carbocycles. The molecule has 6 nitrogen and oxygen atoms in total. The number of rotatable bonds is 1. The molecule has 0 bridgehead atoms. The van der Waals surface area contributed by atoms with E-state index < -0.39 is 0 Å². The van der Waals surface area contributed by atoms with Gasteiger partial charge in [-0.25, -0.2) is 4.98 Å². The van der Waals surface area contributed by atoms with Gasteiger partial charge in [-0.15, -0.1) is 0 Å². The number of imidazole rings is 1. The van der Waals surface area contributed by atoms with Gasteiger partial charge in [-0.05, 0) is 18.2 Å². The summed E-state index contributed by atoms with van der Waals surface area (Å²) < 4.78 is 1.44. The van der Waals surface area contributed by atoms with Crippen LogP contribution in [0.3, 0.4) is 0 Å². The highest BCUT2D eigenvalue weighted by atomic mass is 15.1. The van der Waals surface area contributed by atoms with Crippen LogP contribution in [-0.2, 0) is 0 Å². The minimum Gasteiger partial charge on any atom is -0.398 e. The molecule has 18 heavy (non-hydrogen) atoms. The molecule has 0 unspecified atom stereocenters. The van der Waals surface area contributed by atoms with Crippen molar-refractivity contribution in [2.45, 2.75) is 0 Å². The summed E-state index contributed by atoms with van der Waals surface area (Å²) in [7, 11) is 0. The molecule has 2 rings (SSSR count). The second kappa shape index (κ2) is 4.29. The first-order chi connectivity index (χ1) is 8.71. The first-order valence-corrected chi connectivity index (χ1v) is 4.88. The maximum atomic E-state index is 9.01. The van der Waals surface area contributed by atoms with Gasteiger partial charge in [0.15, 0.2) is 11.4 Å². The molecule has 0 aliphatic carbocycles. The molecule has 0 saturated heterocycles. The van der Waals surface area contributed by atoms with Crippen molar-refractivity contribution in [3.63, 3.8) is 0 Å². The number of benzene rings is 1. The van der Waals surface area contributed by atoms with Gasteiger partial charge in [-0.2, -0.15) is 15.8 Å². The predicted octanol–water partition coefficient (Wildman–Crippen LogP) is 1.07. The summed E-state index contributed by atoms with van der Waals surface area (Å²) in [5.41, 5.74) is 7.03. The van der Waals surface area contributed by atoms with Crippen LogP contribution in [0.1, 0.15) is 17.0 Å². The molecule has 1 aromatic heterocycles. The van der Waals surface area contributed by atoms with Crippen LogP contribution in [0.15, 0.2) is 24.5 Å². The Morgan fingerprint density at radius 2 is 1.89 bits per heavy atom. The highest BCUT2D eigenvalue weighted by Crippen LogP contribution is 2.19. The Bertz CT molecular complexity index is 735. The van der Waals surface area contributed by atoms with E-state index in [0.29, 0.717) is 16.9 Å². The summed E-state index contributed by atoms with van der Waals surface area (Å²) in [6.45, 7) is 0. The molecule has 0 atom stereocenters. The first kappa shape index (κ1) is 11.2. The topological polar surface area (TPSA) is 115 Å². The molecule has 0 aliphatic heterocycles. The Morgan fingerprint density at radius 1 is 1.11 bits per heavy atom. The molecule has 2 N–H and O–H groups in total. The second-order valence-electron chi connectivity index (χ2n) is 3.42. The predicted molar refractivity (Wildman–Crippen MR) is 62.1 cm³/mol. The first-order valence-electron chi connectivity index (χ1n) is 4.88. The van der Waals surface area contributed by atoms with Crippen LogP contribution in [-0.4, -0.2) is 9.55 Å². The highest BCUT2D eigenvalue weighted by Gasteiger charge is 2.12. The third kappa shape index (κ3) is 1.63. The van der Waals surface area contributed by atoms with Crippen molar-refractivity contribution in [3.8, 4) is 23.9 Å². The molecule has 0 spiro atoms. The zero-order valence-electron chi connectivity index (χ0n) is 9.12. The molecule has 0 aliphatic rings. The van der Waals surface area contributed by atoms with Crippen molar-refractivity contribution in [3.05, 3.63) is 41.5 Å². The summed E-state index contributed by atoms with van der Waals surface area (Å²) in [6, 6.07) is 10.5. The molecule has 0 amide bonds. The number of aromatic nitrogens is 2. The molecular weight excluding hydrogens is 228 g/mol. The van der Waals surface area contributed by atoms with Crippen LogP contribution >= 0.6 is 0 Å². The van der Waals surface area contributed by atoms with E-state index in [2.05, 4.69) is 4.98 Å². The molecule has 0 saturated carbocycles. The van der Waals surface area contributed by atoms with Crippen molar-refractivity contribution in [2.75, 3.05) is 5.73 Å². The maximum absolute atomic E-state index is 9.01. The number of anilines is 1. The van der Waals surface area contributed by atoms with Gasteiger partial charge < -0.3 is 5.73 Å². The number of nitrogens with two attached hydrogens (primary N) is 1. The lowest BCUT2D eigenvalue weighted by atomic mass is 10.1. The molecule has 0 radical (unpaired) electrons. The molecule has 2 aromatic rings. The number of hydrogen-bond acceptors (Lipinski definition) is 5. The Morgan fingerprint density at radius 3 is 2.50 bits per heavy atom. The van der Waals surface area contributed by atoms with Crippen molar-refractivity contribution in [1.29, 1.82) is 15.8 Å². The number of nitrogen functional groups attached to an aromatic ring is 1. The Balaban J connectivity index is 2.65. The average molecular weight is 234 g/mol. The normalized spacial score (nSPS) is 9.17. The van der Waals surface area contributed by atoms with Gasteiger partial charge in [0.05, 0.1) is 5.56 Å². The lowest BCUT2D eigenvalue weighted by molar-refractivity contribution is 1.03. The monoisotopic (exact) mass is 234 g/mol. The molecule has 6 heteroatoms. The summed E-state index contributed by atoms with van der Waals surface area (Å²) in [5.74, 6) is 0. The fourth-order valence-corrected chi connectivity index (χ4v) is 1.52. The lowest BCUT2D eigenvalue weighted by Gasteiger charge is -2.05. The third-order valence-electron chi connectivity index (χ3n) is 2.41. The van der Waals surface area contributed by atoms with E-state index in [4.69, 9.17) is 21.5 Å². The van der Waals surface area contributed by atoms with Crippen LogP contribution in [0.4, 0.5) is 5.69 Å². The van der Waals surface area contributed by atoms with E-state index in [9.17, 15) is 0 Å². The fraction of sp³-hybridized carbons (Fsp3) is 0. The summed E-state index contributed by atoms with van der Waals surface area (Å²) in [5, 5.41) is 26.7. The second-order valence-corrected chi connectivity index (χ2v) is 3.42. The molecule has 84 valence electrons. The van der Waals surface area contributed by atoms with Crippen LogP contribution in [0.2, 0.25) is 0 Å². The smallest absolute Gasteiger partial charge is 0.177 e. The van der Waals surface area contributed by atoms with E-state index in [0.717, 1.165) is 0 Å². The highest BCUT2D eigenvalue weighted by molar-refractivity contribution is 5.59. The van der Waals surface area contributed by atoms with E-state index in [1.807, 2.05) is 18.2 Å². The van der Waals surface area contributed by atoms with Gasteiger partial charge in [-0.1, -0.05) is 0 Å².